The summed E-state index contributed by atoms with van der Waals surface area (Å²) in [4.78, 5) is 4.77. The van der Waals surface area contributed by atoms with E-state index in [2.05, 4.69) is 57.4 Å². The predicted octanol–water partition coefficient (Wildman–Crippen LogP) is 3.82. The number of fused-ring (bicyclic) bond motifs is 1. The highest BCUT2D eigenvalue weighted by Crippen LogP contribution is 2.37. The molecule has 0 unspecified atom stereocenters. The number of ether oxygens (including phenoxy) is 2. The van der Waals surface area contributed by atoms with E-state index in [-0.39, 0.29) is 0 Å². The van der Waals surface area contributed by atoms with E-state index in [0.29, 0.717) is 24.0 Å². The van der Waals surface area contributed by atoms with Gasteiger partial charge in [0.25, 0.3) is 0 Å². The van der Waals surface area contributed by atoms with Gasteiger partial charge in [-0.15, -0.1) is 5.10 Å². The van der Waals surface area contributed by atoms with Crippen LogP contribution in [0.15, 0.2) is 42.6 Å². The Morgan fingerprint density at radius 3 is 2.43 bits per heavy atom. The molecule has 1 aliphatic rings. The summed E-state index contributed by atoms with van der Waals surface area (Å²) in [5.41, 5.74) is 12.2. The van der Waals surface area contributed by atoms with Crippen LogP contribution in [0.1, 0.15) is 16.8 Å². The lowest BCUT2D eigenvalue weighted by Gasteiger charge is -2.37. The van der Waals surface area contributed by atoms with Gasteiger partial charge in [-0.05, 0) is 57.1 Å². The van der Waals surface area contributed by atoms with Crippen LogP contribution in [0.3, 0.4) is 0 Å². The van der Waals surface area contributed by atoms with Crippen LogP contribution >= 0.6 is 0 Å². The number of anilines is 3. The van der Waals surface area contributed by atoms with Gasteiger partial charge in [0, 0.05) is 49.5 Å². The van der Waals surface area contributed by atoms with Gasteiger partial charge in [0.15, 0.2) is 5.82 Å². The van der Waals surface area contributed by atoms with Gasteiger partial charge in [-0.25, -0.2) is 0 Å². The number of methoxy groups -OCH3 is 1. The molecule has 3 N–H and O–H groups in total. The fourth-order valence-electron chi connectivity index (χ4n) is 5.05. The zero-order chi connectivity index (χ0) is 26.1. The second kappa shape index (κ2) is 10.2. The maximum Gasteiger partial charge on any atom is 0.160 e. The Kier molecular flexibility index (Phi) is 6.80. The first-order valence-corrected chi connectivity index (χ1v) is 12.6. The average Bonchev–Trinajstić information content (AvgIpc) is 3.26. The standard InChI is InChI=1S/C28H35N7O2/c1-18-6-7-19(2)24(14-18)33-10-12-34(13-11-33)28-22-16-35(27(29)26(22)20(3)31-32-28)23-9-8-21(37-17-30-4)15-25(23)36-5/h6-9,14-16,30H,10-13,17,29H2,1-5H3. The number of aromatic nitrogens is 3. The number of piperazine rings is 1. The highest BCUT2D eigenvalue weighted by Gasteiger charge is 2.24. The van der Waals surface area contributed by atoms with E-state index < -0.39 is 0 Å². The van der Waals surface area contributed by atoms with E-state index in [1.807, 2.05) is 42.9 Å². The van der Waals surface area contributed by atoms with Crippen molar-refractivity contribution in [3.63, 3.8) is 0 Å². The van der Waals surface area contributed by atoms with Crippen molar-refractivity contribution in [3.05, 3.63) is 59.4 Å². The van der Waals surface area contributed by atoms with E-state index in [1.54, 1.807) is 7.11 Å². The Hall–Kier alpha value is -3.98. The molecule has 3 heterocycles. The summed E-state index contributed by atoms with van der Waals surface area (Å²) in [6.07, 6.45) is 2.05. The minimum absolute atomic E-state index is 0.411. The fraction of sp³-hybridized carbons (Fsp3) is 0.357. The van der Waals surface area contributed by atoms with Crippen molar-refractivity contribution >= 4 is 28.1 Å². The molecule has 5 rings (SSSR count). The normalized spacial score (nSPS) is 13.9. The van der Waals surface area contributed by atoms with Crippen LogP contribution in [0, 0.1) is 20.8 Å². The van der Waals surface area contributed by atoms with Crippen LogP contribution in [-0.4, -0.2) is 61.8 Å². The molecule has 4 aromatic rings. The molecule has 0 bridgehead atoms. The molecule has 37 heavy (non-hydrogen) atoms. The van der Waals surface area contributed by atoms with Gasteiger partial charge < -0.3 is 25.0 Å². The molecule has 2 aromatic heterocycles. The molecule has 9 nitrogen and oxygen atoms in total. The van der Waals surface area contributed by atoms with Crippen LogP contribution < -0.4 is 30.3 Å². The smallest absolute Gasteiger partial charge is 0.160 e. The highest BCUT2D eigenvalue weighted by atomic mass is 16.5. The highest BCUT2D eigenvalue weighted by molar-refractivity contribution is 6.01. The number of benzene rings is 2. The Morgan fingerprint density at radius 2 is 1.70 bits per heavy atom. The lowest BCUT2D eigenvalue weighted by Crippen LogP contribution is -2.47. The molecule has 2 aromatic carbocycles. The van der Waals surface area contributed by atoms with Gasteiger partial charge in [0.05, 0.1) is 23.9 Å². The zero-order valence-corrected chi connectivity index (χ0v) is 22.2. The number of aryl methyl sites for hydroxylation is 3. The molecule has 0 aliphatic carbocycles. The number of rotatable bonds is 7. The zero-order valence-electron chi connectivity index (χ0n) is 22.2. The molecular formula is C28H35N7O2. The van der Waals surface area contributed by atoms with Gasteiger partial charge in [-0.1, -0.05) is 12.1 Å². The number of hydrogen-bond acceptors (Lipinski definition) is 8. The Morgan fingerprint density at radius 1 is 0.946 bits per heavy atom. The number of nitrogens with one attached hydrogen (secondary N) is 1. The number of hydrogen-bond donors (Lipinski definition) is 2. The topological polar surface area (TPSA) is 93.7 Å². The third-order valence-electron chi connectivity index (χ3n) is 7.02. The monoisotopic (exact) mass is 501 g/mol. The Bertz CT molecular complexity index is 1420. The number of nitrogen functional groups attached to an aromatic ring is 1. The van der Waals surface area contributed by atoms with E-state index in [0.717, 1.165) is 54.2 Å². The second-order valence-electron chi connectivity index (χ2n) is 9.52. The van der Waals surface area contributed by atoms with E-state index in [1.165, 1.54) is 16.8 Å². The van der Waals surface area contributed by atoms with E-state index in [4.69, 9.17) is 15.2 Å². The van der Waals surface area contributed by atoms with Crippen LogP contribution in [0.4, 0.5) is 17.3 Å². The van der Waals surface area contributed by atoms with Crippen molar-refractivity contribution < 1.29 is 9.47 Å². The maximum atomic E-state index is 6.71. The summed E-state index contributed by atoms with van der Waals surface area (Å²) in [6, 6.07) is 12.4. The predicted molar refractivity (Wildman–Crippen MR) is 149 cm³/mol. The third-order valence-corrected chi connectivity index (χ3v) is 7.02. The molecule has 0 amide bonds. The number of nitrogens with zero attached hydrogens (tertiary/aromatic N) is 5. The van der Waals surface area contributed by atoms with Crippen molar-refractivity contribution in [2.24, 2.45) is 0 Å². The largest absolute Gasteiger partial charge is 0.494 e. The molecule has 9 heteroatoms. The van der Waals surface area contributed by atoms with E-state index >= 15 is 0 Å². The molecule has 194 valence electrons. The Labute approximate surface area is 217 Å². The van der Waals surface area contributed by atoms with Crippen LogP contribution in [0.5, 0.6) is 11.5 Å². The van der Waals surface area contributed by atoms with Crippen molar-refractivity contribution in [3.8, 4) is 17.2 Å². The van der Waals surface area contributed by atoms with Crippen molar-refractivity contribution in [2.75, 3.05) is 62.6 Å². The minimum Gasteiger partial charge on any atom is -0.494 e. The van der Waals surface area contributed by atoms with E-state index in [9.17, 15) is 0 Å². The molecule has 1 aliphatic heterocycles. The summed E-state index contributed by atoms with van der Waals surface area (Å²) in [7, 11) is 3.48. The summed E-state index contributed by atoms with van der Waals surface area (Å²) in [5, 5.41) is 14.0. The molecule has 0 saturated carbocycles. The Balaban J connectivity index is 1.47. The molecular weight excluding hydrogens is 466 g/mol. The molecule has 0 radical (unpaired) electrons. The van der Waals surface area contributed by atoms with Crippen molar-refractivity contribution in [2.45, 2.75) is 20.8 Å². The lowest BCUT2D eigenvalue weighted by atomic mass is 10.1. The van der Waals surface area contributed by atoms with Crippen LogP contribution in [-0.2, 0) is 0 Å². The summed E-state index contributed by atoms with van der Waals surface area (Å²) < 4.78 is 13.3. The minimum atomic E-state index is 0.411. The third kappa shape index (κ3) is 4.62. The first-order valence-electron chi connectivity index (χ1n) is 12.6. The number of nitrogens with two attached hydrogens (primary N) is 1. The molecule has 1 saturated heterocycles. The van der Waals surface area contributed by atoms with Crippen molar-refractivity contribution in [1.82, 2.24) is 20.1 Å². The van der Waals surface area contributed by atoms with Gasteiger partial charge in [0.1, 0.15) is 24.0 Å². The SMILES string of the molecule is CNCOc1ccc(-n2cc3c(N4CCN(c5cc(C)ccc5C)CC4)nnc(C)c3c2N)c(OC)c1. The first-order chi connectivity index (χ1) is 17.9. The van der Waals surface area contributed by atoms with Gasteiger partial charge in [0.2, 0.25) is 0 Å². The fourth-order valence-corrected chi connectivity index (χ4v) is 5.05. The molecule has 1 fully saturated rings. The quantitative estimate of drug-likeness (QED) is 0.369. The second-order valence-corrected chi connectivity index (χ2v) is 9.52. The summed E-state index contributed by atoms with van der Waals surface area (Å²) in [5.74, 6) is 2.86. The van der Waals surface area contributed by atoms with Crippen LogP contribution in [0.25, 0.3) is 16.5 Å². The maximum absolute atomic E-state index is 6.71. The lowest BCUT2D eigenvalue weighted by molar-refractivity contribution is 0.294. The molecule has 0 atom stereocenters. The summed E-state index contributed by atoms with van der Waals surface area (Å²) >= 11 is 0. The van der Waals surface area contributed by atoms with Gasteiger partial charge >= 0.3 is 0 Å². The average molecular weight is 502 g/mol. The van der Waals surface area contributed by atoms with Gasteiger partial charge in [-0.2, -0.15) is 5.10 Å². The summed E-state index contributed by atoms with van der Waals surface area (Å²) in [6.45, 7) is 10.2. The van der Waals surface area contributed by atoms with Crippen LogP contribution in [0.2, 0.25) is 0 Å². The van der Waals surface area contributed by atoms with Crippen molar-refractivity contribution in [1.29, 1.82) is 0 Å². The first kappa shape index (κ1) is 24.7. The molecule has 0 spiro atoms. The van der Waals surface area contributed by atoms with Gasteiger partial charge in [-0.3, -0.25) is 9.88 Å².